The Bertz CT molecular complexity index is 1740. The molecule has 0 bridgehead atoms. The number of fused-ring (bicyclic) bond motifs is 2. The van der Waals surface area contributed by atoms with Crippen LogP contribution in [0, 0.1) is 5.82 Å². The van der Waals surface area contributed by atoms with Crippen LogP contribution in [-0.2, 0) is 26.6 Å². The van der Waals surface area contributed by atoms with Crippen molar-refractivity contribution in [3.05, 3.63) is 48.0 Å². The summed E-state index contributed by atoms with van der Waals surface area (Å²) in [5, 5.41) is 7.79. The molecule has 0 aliphatic carbocycles. The van der Waals surface area contributed by atoms with Gasteiger partial charge in [-0.3, -0.25) is 13.7 Å². The van der Waals surface area contributed by atoms with Crippen molar-refractivity contribution in [3.63, 3.8) is 0 Å². The normalized spacial score (nSPS) is 13.7. The van der Waals surface area contributed by atoms with E-state index in [9.17, 15) is 16.8 Å². The lowest BCUT2D eigenvalue weighted by atomic mass is 10.1. The number of methoxy groups -OCH3 is 2. The molecule has 2 aromatic heterocycles. The summed E-state index contributed by atoms with van der Waals surface area (Å²) in [5.74, 6) is -1.72. The van der Waals surface area contributed by atoms with Gasteiger partial charge in [-0.05, 0) is 24.3 Å². The van der Waals surface area contributed by atoms with Crippen molar-refractivity contribution in [2.75, 3.05) is 42.7 Å². The molecule has 5 rings (SSSR count). The molecule has 16 heteroatoms. The fraction of sp³-hybridized carbons (Fsp3) is 0.273. The summed E-state index contributed by atoms with van der Waals surface area (Å²) >= 11 is 0. The van der Waals surface area contributed by atoms with E-state index < -0.39 is 30.8 Å². The van der Waals surface area contributed by atoms with Crippen molar-refractivity contribution in [1.29, 1.82) is 0 Å². The van der Waals surface area contributed by atoms with E-state index in [1.54, 1.807) is 18.5 Å². The molecule has 38 heavy (non-hydrogen) atoms. The Morgan fingerprint density at radius 1 is 1.18 bits per heavy atom. The van der Waals surface area contributed by atoms with Crippen LogP contribution >= 0.6 is 0 Å². The van der Waals surface area contributed by atoms with Crippen LogP contribution in [0.25, 0.3) is 11.0 Å². The van der Waals surface area contributed by atoms with E-state index in [2.05, 4.69) is 15.0 Å². The first-order valence-corrected chi connectivity index (χ1v) is 14.3. The zero-order chi connectivity index (χ0) is 27.2. The fourth-order valence-electron chi connectivity index (χ4n) is 4.20. The zero-order valence-corrected chi connectivity index (χ0v) is 22.0. The molecule has 0 spiro atoms. The number of hydrogen-bond acceptors (Lipinski definition) is 10. The summed E-state index contributed by atoms with van der Waals surface area (Å²) in [6.07, 6.45) is 4.20. The van der Waals surface area contributed by atoms with Gasteiger partial charge in [0.2, 0.25) is 10.0 Å². The number of nitrogens with zero attached hydrogens (tertiary/aromatic N) is 4. The van der Waals surface area contributed by atoms with E-state index in [0.29, 0.717) is 0 Å². The van der Waals surface area contributed by atoms with E-state index in [1.165, 1.54) is 37.1 Å². The lowest BCUT2D eigenvalue weighted by molar-refractivity contribution is 0.301. The second kappa shape index (κ2) is 9.36. The minimum atomic E-state index is -4.55. The average molecular weight is 568 g/mol. The quantitative estimate of drug-likeness (QED) is 0.335. The van der Waals surface area contributed by atoms with Gasteiger partial charge in [0, 0.05) is 18.0 Å². The molecule has 202 valence electrons. The fourth-order valence-corrected chi connectivity index (χ4v) is 6.43. The molecule has 4 aromatic rings. The SMILES string of the molecule is COc1ccc2c(c1S(=O)(=O)Nc1noc3cc(Cn4cccn4)c(F)c(OC)c13)OCCN2S(C)(=O)=O. The van der Waals surface area contributed by atoms with Gasteiger partial charge in [-0.15, -0.1) is 0 Å². The largest absolute Gasteiger partial charge is 0.495 e. The highest BCUT2D eigenvalue weighted by Gasteiger charge is 2.35. The molecule has 0 amide bonds. The first kappa shape index (κ1) is 25.6. The van der Waals surface area contributed by atoms with Gasteiger partial charge < -0.3 is 18.7 Å². The van der Waals surface area contributed by atoms with Crippen LogP contribution in [0.1, 0.15) is 5.56 Å². The maximum absolute atomic E-state index is 15.4. The third-order valence-corrected chi connectivity index (χ3v) is 8.38. The molecule has 3 heterocycles. The van der Waals surface area contributed by atoms with Gasteiger partial charge in [0.15, 0.2) is 33.6 Å². The van der Waals surface area contributed by atoms with Crippen LogP contribution in [0.4, 0.5) is 15.9 Å². The summed E-state index contributed by atoms with van der Waals surface area (Å²) in [7, 11) is -5.80. The van der Waals surface area contributed by atoms with Crippen LogP contribution in [0.15, 0.2) is 46.1 Å². The average Bonchev–Trinajstić information content (AvgIpc) is 3.52. The molecule has 1 N–H and O–H groups in total. The number of nitrogens with one attached hydrogen (secondary N) is 1. The predicted octanol–water partition coefficient (Wildman–Crippen LogP) is 2.19. The van der Waals surface area contributed by atoms with E-state index in [0.717, 1.165) is 10.6 Å². The van der Waals surface area contributed by atoms with Gasteiger partial charge in [-0.25, -0.2) is 21.2 Å². The van der Waals surface area contributed by atoms with Crippen LogP contribution < -0.4 is 23.2 Å². The highest BCUT2D eigenvalue weighted by Crippen LogP contribution is 2.45. The topological polar surface area (TPSA) is 155 Å². The van der Waals surface area contributed by atoms with Crippen molar-refractivity contribution >= 4 is 42.5 Å². The lowest BCUT2D eigenvalue weighted by Crippen LogP contribution is -2.37. The van der Waals surface area contributed by atoms with Crippen molar-refractivity contribution in [2.24, 2.45) is 0 Å². The second-order valence-corrected chi connectivity index (χ2v) is 11.8. The Balaban J connectivity index is 1.61. The number of aromatic nitrogens is 3. The molecule has 1 aliphatic rings. The first-order chi connectivity index (χ1) is 18.0. The van der Waals surface area contributed by atoms with Crippen molar-refractivity contribution in [1.82, 2.24) is 14.9 Å². The van der Waals surface area contributed by atoms with Crippen molar-refractivity contribution in [3.8, 4) is 17.2 Å². The smallest absolute Gasteiger partial charge is 0.270 e. The van der Waals surface area contributed by atoms with Gasteiger partial charge in [-0.2, -0.15) is 5.10 Å². The zero-order valence-electron chi connectivity index (χ0n) is 20.3. The highest BCUT2D eigenvalue weighted by molar-refractivity contribution is 7.93. The van der Waals surface area contributed by atoms with Gasteiger partial charge in [0.25, 0.3) is 10.0 Å². The second-order valence-electron chi connectivity index (χ2n) is 8.23. The third kappa shape index (κ3) is 4.34. The van der Waals surface area contributed by atoms with E-state index in [4.69, 9.17) is 18.7 Å². The Labute approximate surface area is 216 Å². The molecule has 0 atom stereocenters. The summed E-state index contributed by atoms with van der Waals surface area (Å²) in [6, 6.07) is 5.75. The Hall–Kier alpha value is -4.05. The molecular weight excluding hydrogens is 545 g/mol. The summed E-state index contributed by atoms with van der Waals surface area (Å²) in [6.45, 7) is -0.0362. The van der Waals surface area contributed by atoms with Gasteiger partial charge in [0.1, 0.15) is 17.7 Å². The van der Waals surface area contributed by atoms with Gasteiger partial charge >= 0.3 is 0 Å². The number of benzene rings is 2. The van der Waals surface area contributed by atoms with Crippen LogP contribution in [0.5, 0.6) is 17.2 Å². The number of sulfonamides is 2. The van der Waals surface area contributed by atoms with E-state index >= 15 is 4.39 Å². The van der Waals surface area contributed by atoms with E-state index in [1.807, 2.05) is 0 Å². The maximum Gasteiger partial charge on any atom is 0.270 e. The monoisotopic (exact) mass is 567 g/mol. The van der Waals surface area contributed by atoms with Crippen LogP contribution in [-0.4, -0.2) is 65.4 Å². The molecule has 0 radical (unpaired) electrons. The number of rotatable bonds is 8. The molecule has 0 saturated carbocycles. The van der Waals surface area contributed by atoms with Crippen LogP contribution in [0.3, 0.4) is 0 Å². The molecule has 13 nitrogen and oxygen atoms in total. The number of anilines is 2. The van der Waals surface area contributed by atoms with Crippen molar-refractivity contribution < 1.29 is 40.0 Å². The summed E-state index contributed by atoms with van der Waals surface area (Å²) < 4.78 is 93.5. The molecular formula is C22H22FN5O8S2. The van der Waals surface area contributed by atoms with Gasteiger partial charge in [0.05, 0.1) is 39.3 Å². The molecule has 0 unspecified atom stereocenters. The molecule has 0 saturated heterocycles. The Morgan fingerprint density at radius 2 is 1.97 bits per heavy atom. The highest BCUT2D eigenvalue weighted by atomic mass is 32.2. The Kier molecular flexibility index (Phi) is 6.30. The number of ether oxygens (including phenoxy) is 3. The molecule has 2 aromatic carbocycles. The number of hydrogen-bond donors (Lipinski definition) is 1. The minimum absolute atomic E-state index is 0.00363. The lowest BCUT2D eigenvalue weighted by Gasteiger charge is -2.30. The minimum Gasteiger partial charge on any atom is -0.495 e. The summed E-state index contributed by atoms with van der Waals surface area (Å²) in [4.78, 5) is -0.461. The van der Waals surface area contributed by atoms with Gasteiger partial charge in [-0.1, -0.05) is 5.16 Å². The maximum atomic E-state index is 15.4. The molecule has 0 fully saturated rings. The van der Waals surface area contributed by atoms with Crippen molar-refractivity contribution in [2.45, 2.75) is 11.4 Å². The predicted molar refractivity (Wildman–Crippen MR) is 133 cm³/mol. The first-order valence-electron chi connectivity index (χ1n) is 11.0. The summed E-state index contributed by atoms with van der Waals surface area (Å²) in [5.41, 5.74) is 0.262. The standard InChI is InChI=1S/C22H22FN5O8S2/c1-33-15-6-5-14-19(35-10-9-28(14)37(3,29)30)21(15)38(31,32)26-22-17-16(36-25-22)11-13(18(23)20(17)34-2)12-27-8-4-7-24-27/h4-8,11H,9-10,12H2,1-3H3,(H,25,26). The Morgan fingerprint density at radius 3 is 2.63 bits per heavy atom. The number of halogens is 1. The van der Waals surface area contributed by atoms with E-state index in [-0.39, 0.29) is 65.0 Å². The third-order valence-electron chi connectivity index (χ3n) is 5.81. The molecule has 1 aliphatic heterocycles. The van der Waals surface area contributed by atoms with Crippen LogP contribution in [0.2, 0.25) is 0 Å².